The standard InChI is InChI=1S/C61H52N3OP/c1-66(2,65)57-34-33-54(55-19-11-12-20-56(55)57)44-25-29-48(30-26-44)61(50-36-40-35-41(38-50)39-51(61)37-40)49-31-27-47(28-32-49)60-63-58(45-15-7-4-8-16-45)62-59(64-60)46-23-21-43(22-24-46)53-18-10-9-17-52(53)42-13-5-3-6-14-42/h3-34,40-41,50-51H,35-39H2,1-2H3. The van der Waals surface area contributed by atoms with Crippen molar-refractivity contribution in [1.29, 1.82) is 0 Å². The quantitative estimate of drug-likeness (QED) is 0.136. The lowest BCUT2D eigenvalue weighted by Gasteiger charge is -2.62. The summed E-state index contributed by atoms with van der Waals surface area (Å²) in [7, 11) is -2.45. The number of rotatable bonds is 9. The molecule has 4 bridgehead atoms. The maximum atomic E-state index is 13.3. The van der Waals surface area contributed by atoms with Gasteiger partial charge in [0.05, 0.1) is 0 Å². The van der Waals surface area contributed by atoms with Crippen molar-refractivity contribution >= 4 is 23.2 Å². The average Bonchev–Trinajstić information content (AvgIpc) is 3.36. The van der Waals surface area contributed by atoms with Gasteiger partial charge >= 0.3 is 0 Å². The highest BCUT2D eigenvalue weighted by molar-refractivity contribution is 7.70. The Kier molecular flexibility index (Phi) is 10.1. The molecule has 1 heterocycles. The highest BCUT2D eigenvalue weighted by atomic mass is 31.2. The Bertz CT molecular complexity index is 3260. The summed E-state index contributed by atoms with van der Waals surface area (Å²) in [6.07, 6.45) is 6.59. The van der Waals surface area contributed by atoms with Crippen LogP contribution in [0.25, 0.3) is 78.3 Å². The van der Waals surface area contributed by atoms with Crippen LogP contribution in [0.3, 0.4) is 0 Å². The topological polar surface area (TPSA) is 55.7 Å². The smallest absolute Gasteiger partial charge is 0.164 e. The zero-order valence-electron chi connectivity index (χ0n) is 37.5. The number of aromatic nitrogens is 3. The van der Waals surface area contributed by atoms with Crippen LogP contribution in [0, 0.1) is 23.7 Å². The van der Waals surface area contributed by atoms with E-state index in [4.69, 9.17) is 15.0 Å². The lowest BCUT2D eigenvalue weighted by atomic mass is 9.42. The predicted molar refractivity (Wildman–Crippen MR) is 273 cm³/mol. The van der Waals surface area contributed by atoms with E-state index in [0.717, 1.165) is 50.2 Å². The van der Waals surface area contributed by atoms with Crippen LogP contribution >= 0.6 is 7.14 Å². The van der Waals surface area contributed by atoms with Crippen molar-refractivity contribution in [2.45, 2.75) is 37.5 Å². The first-order valence-electron chi connectivity index (χ1n) is 23.7. The summed E-state index contributed by atoms with van der Waals surface area (Å²) in [5.41, 5.74) is 12.8. The largest absolute Gasteiger partial charge is 0.319 e. The van der Waals surface area contributed by atoms with Crippen LogP contribution < -0.4 is 5.30 Å². The first-order chi connectivity index (χ1) is 32.3. The van der Waals surface area contributed by atoms with Gasteiger partial charge in [-0.1, -0.05) is 194 Å². The van der Waals surface area contributed by atoms with E-state index in [2.05, 4.69) is 176 Å². The molecular weight excluding hydrogens is 822 g/mol. The molecule has 66 heavy (non-hydrogen) atoms. The van der Waals surface area contributed by atoms with E-state index in [1.807, 2.05) is 31.5 Å². The van der Waals surface area contributed by atoms with Gasteiger partial charge in [-0.05, 0) is 124 Å². The second kappa shape index (κ2) is 16.3. The van der Waals surface area contributed by atoms with Gasteiger partial charge in [-0.2, -0.15) is 0 Å². The lowest BCUT2D eigenvalue weighted by molar-refractivity contribution is -0.0418. The third-order valence-electron chi connectivity index (χ3n) is 15.3. The van der Waals surface area contributed by atoms with Crippen molar-refractivity contribution in [1.82, 2.24) is 15.0 Å². The number of nitrogens with zero attached hydrogens (tertiary/aromatic N) is 3. The van der Waals surface area contributed by atoms with Crippen molar-refractivity contribution in [3.8, 4) is 67.5 Å². The molecular formula is C61H52N3OP. The van der Waals surface area contributed by atoms with Gasteiger partial charge in [0.1, 0.15) is 7.14 Å². The van der Waals surface area contributed by atoms with E-state index in [0.29, 0.717) is 29.3 Å². The molecule has 4 aliphatic rings. The van der Waals surface area contributed by atoms with Gasteiger partial charge in [0, 0.05) is 27.4 Å². The first kappa shape index (κ1) is 40.7. The van der Waals surface area contributed by atoms with Crippen molar-refractivity contribution in [2.24, 2.45) is 23.7 Å². The average molecular weight is 874 g/mol. The van der Waals surface area contributed by atoms with E-state index >= 15 is 0 Å². The number of benzene rings is 8. The van der Waals surface area contributed by atoms with Gasteiger partial charge in [0.25, 0.3) is 0 Å². The molecule has 4 nitrogen and oxygen atoms in total. The summed E-state index contributed by atoms with van der Waals surface area (Å²) < 4.78 is 13.3. The molecule has 5 heteroatoms. The fraction of sp³-hybridized carbons (Fsp3) is 0.197. The molecule has 4 aliphatic carbocycles. The summed E-state index contributed by atoms with van der Waals surface area (Å²) >= 11 is 0. The Hall–Kier alpha value is -6.74. The van der Waals surface area contributed by atoms with Crippen molar-refractivity contribution < 1.29 is 4.57 Å². The highest BCUT2D eigenvalue weighted by Crippen LogP contribution is 2.65. The van der Waals surface area contributed by atoms with Gasteiger partial charge in [-0.3, -0.25) is 0 Å². The maximum absolute atomic E-state index is 13.3. The van der Waals surface area contributed by atoms with E-state index in [9.17, 15) is 4.57 Å². The van der Waals surface area contributed by atoms with Crippen molar-refractivity contribution in [3.05, 3.63) is 205 Å². The minimum absolute atomic E-state index is 0.0617. The molecule has 4 saturated carbocycles. The molecule has 13 rings (SSSR count). The Morgan fingerprint density at radius 2 is 0.758 bits per heavy atom. The molecule has 0 saturated heterocycles. The van der Waals surface area contributed by atoms with E-state index in [-0.39, 0.29) is 5.41 Å². The zero-order valence-corrected chi connectivity index (χ0v) is 38.4. The number of hydrogen-bond donors (Lipinski definition) is 0. The van der Waals surface area contributed by atoms with Crippen LogP contribution in [0.2, 0.25) is 0 Å². The Balaban J connectivity index is 0.918. The molecule has 8 aromatic carbocycles. The monoisotopic (exact) mass is 873 g/mol. The second-order valence-electron chi connectivity index (χ2n) is 19.5. The molecule has 0 unspecified atom stereocenters. The lowest BCUT2D eigenvalue weighted by Crippen LogP contribution is -2.56. The predicted octanol–water partition coefficient (Wildman–Crippen LogP) is 15.0. The fourth-order valence-electron chi connectivity index (χ4n) is 12.6. The minimum atomic E-state index is -2.45. The summed E-state index contributed by atoms with van der Waals surface area (Å²) in [5, 5.41) is 3.20. The zero-order chi connectivity index (χ0) is 44.4. The highest BCUT2D eigenvalue weighted by Gasteiger charge is 2.58. The molecule has 0 spiro atoms. The summed E-state index contributed by atoms with van der Waals surface area (Å²) in [6.45, 7) is 3.74. The van der Waals surface area contributed by atoms with Gasteiger partial charge in [-0.25, -0.2) is 15.0 Å². The van der Waals surface area contributed by atoms with Crippen LogP contribution in [0.5, 0.6) is 0 Å². The third kappa shape index (κ3) is 7.06. The Morgan fingerprint density at radius 3 is 1.27 bits per heavy atom. The molecule has 0 N–H and O–H groups in total. The van der Waals surface area contributed by atoms with Crippen LogP contribution in [0.1, 0.15) is 43.2 Å². The molecule has 4 fully saturated rings. The molecule has 0 amide bonds. The van der Waals surface area contributed by atoms with Gasteiger partial charge in [0.15, 0.2) is 17.5 Å². The van der Waals surface area contributed by atoms with Crippen LogP contribution in [0.15, 0.2) is 194 Å². The van der Waals surface area contributed by atoms with Crippen LogP contribution in [-0.4, -0.2) is 28.3 Å². The molecule has 0 radical (unpaired) electrons. The van der Waals surface area contributed by atoms with Gasteiger partial charge in [-0.15, -0.1) is 0 Å². The first-order valence-corrected chi connectivity index (χ1v) is 26.3. The molecule has 0 atom stereocenters. The van der Waals surface area contributed by atoms with E-state index < -0.39 is 7.14 Å². The SMILES string of the molecule is CP(C)(=O)c1ccc(-c2ccc(C3(c4ccc(-c5nc(-c6ccccc6)nc(-c6ccc(-c7ccccc7-c7ccccc7)cc6)n5)cc4)C4CC5CC(C4)CC3C5)cc2)c2ccccc12. The summed E-state index contributed by atoms with van der Waals surface area (Å²) in [4.78, 5) is 15.4. The molecule has 0 aliphatic heterocycles. The summed E-state index contributed by atoms with van der Waals surface area (Å²) in [6, 6.07) is 69.7. The van der Waals surface area contributed by atoms with Gasteiger partial charge < -0.3 is 4.57 Å². The minimum Gasteiger partial charge on any atom is -0.319 e. The molecule has 322 valence electrons. The maximum Gasteiger partial charge on any atom is 0.164 e. The molecule has 9 aromatic rings. The number of hydrogen-bond acceptors (Lipinski definition) is 4. The number of fused-ring (bicyclic) bond motifs is 1. The second-order valence-corrected chi connectivity index (χ2v) is 22.7. The van der Waals surface area contributed by atoms with Crippen molar-refractivity contribution in [2.75, 3.05) is 13.3 Å². The molecule has 1 aromatic heterocycles. The summed E-state index contributed by atoms with van der Waals surface area (Å²) in [5.74, 6) is 4.87. The van der Waals surface area contributed by atoms with E-state index in [1.165, 1.54) is 71.0 Å². The van der Waals surface area contributed by atoms with E-state index in [1.54, 1.807) is 0 Å². The third-order valence-corrected chi connectivity index (χ3v) is 16.9. The van der Waals surface area contributed by atoms with Crippen LogP contribution in [-0.2, 0) is 9.98 Å². The Morgan fingerprint density at radius 1 is 0.379 bits per heavy atom. The fourth-order valence-corrected chi connectivity index (χ4v) is 13.8. The Labute approximate surface area is 388 Å². The van der Waals surface area contributed by atoms with Crippen LogP contribution in [0.4, 0.5) is 0 Å². The van der Waals surface area contributed by atoms with Crippen molar-refractivity contribution in [3.63, 3.8) is 0 Å². The normalized spacial score (nSPS) is 21.0. The van der Waals surface area contributed by atoms with Gasteiger partial charge in [0.2, 0.25) is 0 Å².